The van der Waals surface area contributed by atoms with E-state index in [2.05, 4.69) is 168 Å². The summed E-state index contributed by atoms with van der Waals surface area (Å²) in [6.07, 6.45) is 0. The van der Waals surface area contributed by atoms with E-state index in [9.17, 15) is 0 Å². The molecule has 3 aromatic heterocycles. The van der Waals surface area contributed by atoms with Gasteiger partial charge in [0.25, 0.3) is 0 Å². The molecule has 0 amide bonds. The van der Waals surface area contributed by atoms with Gasteiger partial charge in [0.15, 0.2) is 5.82 Å². The van der Waals surface area contributed by atoms with Crippen LogP contribution in [-0.4, -0.2) is 14.4 Å². The fraction of sp³-hybridized carbons (Fsp3) is 0. The third-order valence-corrected chi connectivity index (χ3v) is 9.78. The zero-order valence-corrected chi connectivity index (χ0v) is 26.6. The standard InChI is InChI=1S/C46H29N3/c1-3-13-30(14-4-1)31-23-25-32(26-24-31)43-39-28-27-34(46-47-40-21-11-9-20-38(40)44(48-46)33-15-5-2-6-16-33)29-42(39)49-41-22-12-10-18-36(41)35-17-7-8-19-37(35)45(43)49/h1-29H. The van der Waals surface area contributed by atoms with E-state index in [1.54, 1.807) is 0 Å². The van der Waals surface area contributed by atoms with Gasteiger partial charge in [0.05, 0.1) is 27.8 Å². The maximum absolute atomic E-state index is 5.22. The van der Waals surface area contributed by atoms with Crippen molar-refractivity contribution in [2.75, 3.05) is 0 Å². The minimum Gasteiger partial charge on any atom is -0.308 e. The van der Waals surface area contributed by atoms with Crippen molar-refractivity contribution in [3.63, 3.8) is 0 Å². The Labute approximate surface area is 283 Å². The largest absolute Gasteiger partial charge is 0.308 e. The molecule has 0 saturated heterocycles. The predicted molar refractivity (Wildman–Crippen MR) is 205 cm³/mol. The second-order valence-electron chi connectivity index (χ2n) is 12.6. The van der Waals surface area contributed by atoms with Crippen LogP contribution in [0, 0.1) is 0 Å². The van der Waals surface area contributed by atoms with Gasteiger partial charge >= 0.3 is 0 Å². The van der Waals surface area contributed by atoms with E-state index >= 15 is 0 Å². The number of fused-ring (bicyclic) bond motifs is 9. The van der Waals surface area contributed by atoms with Crippen molar-refractivity contribution in [1.82, 2.24) is 14.4 Å². The number of nitrogens with zero attached hydrogens (tertiary/aromatic N) is 3. The highest BCUT2D eigenvalue weighted by atomic mass is 14.9. The minimum atomic E-state index is 0.716. The molecule has 228 valence electrons. The van der Waals surface area contributed by atoms with Gasteiger partial charge in [-0.3, -0.25) is 0 Å². The molecule has 49 heavy (non-hydrogen) atoms. The Bertz CT molecular complexity index is 2850. The second-order valence-corrected chi connectivity index (χ2v) is 12.6. The lowest BCUT2D eigenvalue weighted by molar-refractivity contribution is 1.23. The highest BCUT2D eigenvalue weighted by molar-refractivity contribution is 6.22. The van der Waals surface area contributed by atoms with Gasteiger partial charge in [0.2, 0.25) is 0 Å². The van der Waals surface area contributed by atoms with Crippen molar-refractivity contribution >= 4 is 49.0 Å². The molecule has 3 nitrogen and oxygen atoms in total. The summed E-state index contributed by atoms with van der Waals surface area (Å²) in [5.74, 6) is 0.716. The van der Waals surface area contributed by atoms with Crippen LogP contribution >= 0.6 is 0 Å². The summed E-state index contributed by atoms with van der Waals surface area (Å²) < 4.78 is 2.45. The average Bonchev–Trinajstić information content (AvgIpc) is 3.53. The third kappa shape index (κ3) is 4.37. The van der Waals surface area contributed by atoms with Crippen molar-refractivity contribution in [2.24, 2.45) is 0 Å². The van der Waals surface area contributed by atoms with Gasteiger partial charge in [-0.15, -0.1) is 0 Å². The Morgan fingerprint density at radius 3 is 1.69 bits per heavy atom. The molecule has 0 bridgehead atoms. The van der Waals surface area contributed by atoms with E-state index in [1.807, 2.05) is 12.1 Å². The number of rotatable bonds is 4. The molecule has 0 spiro atoms. The topological polar surface area (TPSA) is 30.2 Å². The second kappa shape index (κ2) is 11.0. The number of benzene rings is 7. The van der Waals surface area contributed by atoms with Crippen LogP contribution in [0.3, 0.4) is 0 Å². The van der Waals surface area contributed by atoms with E-state index in [-0.39, 0.29) is 0 Å². The molecule has 0 aliphatic heterocycles. The minimum absolute atomic E-state index is 0.716. The lowest BCUT2D eigenvalue weighted by Crippen LogP contribution is -1.95. The number of hydrogen-bond donors (Lipinski definition) is 0. The summed E-state index contributed by atoms with van der Waals surface area (Å²) in [6.45, 7) is 0. The van der Waals surface area contributed by atoms with Gasteiger partial charge in [0, 0.05) is 38.2 Å². The van der Waals surface area contributed by atoms with E-state index in [0.29, 0.717) is 5.82 Å². The quantitative estimate of drug-likeness (QED) is 0.183. The van der Waals surface area contributed by atoms with E-state index < -0.39 is 0 Å². The van der Waals surface area contributed by atoms with Crippen LogP contribution in [0.15, 0.2) is 176 Å². The molecular formula is C46H29N3. The lowest BCUT2D eigenvalue weighted by atomic mass is 9.96. The zero-order valence-electron chi connectivity index (χ0n) is 26.6. The van der Waals surface area contributed by atoms with E-state index in [4.69, 9.17) is 9.97 Å². The maximum Gasteiger partial charge on any atom is 0.160 e. The Balaban J connectivity index is 1.28. The van der Waals surface area contributed by atoms with Crippen LogP contribution in [0.25, 0.3) is 93.9 Å². The van der Waals surface area contributed by atoms with Crippen molar-refractivity contribution in [1.29, 1.82) is 0 Å². The van der Waals surface area contributed by atoms with Crippen LogP contribution in [0.1, 0.15) is 0 Å². The van der Waals surface area contributed by atoms with E-state index in [0.717, 1.165) is 33.2 Å². The van der Waals surface area contributed by atoms with Gasteiger partial charge in [-0.2, -0.15) is 0 Å². The summed E-state index contributed by atoms with van der Waals surface area (Å²) >= 11 is 0. The van der Waals surface area contributed by atoms with Crippen LogP contribution < -0.4 is 0 Å². The molecule has 0 aliphatic rings. The van der Waals surface area contributed by atoms with Gasteiger partial charge < -0.3 is 4.40 Å². The molecule has 10 aromatic rings. The van der Waals surface area contributed by atoms with Gasteiger partial charge in [-0.1, -0.05) is 158 Å². The maximum atomic E-state index is 5.22. The van der Waals surface area contributed by atoms with Gasteiger partial charge in [0.1, 0.15) is 0 Å². The smallest absolute Gasteiger partial charge is 0.160 e. The first-order valence-corrected chi connectivity index (χ1v) is 16.7. The summed E-state index contributed by atoms with van der Waals surface area (Å²) in [5.41, 5.74) is 12.3. The molecule has 10 rings (SSSR count). The fourth-order valence-electron chi connectivity index (χ4n) is 7.53. The van der Waals surface area contributed by atoms with Crippen molar-refractivity contribution in [3.05, 3.63) is 176 Å². The molecule has 3 heterocycles. The first kappa shape index (κ1) is 27.5. The molecule has 0 fully saturated rings. The summed E-state index contributed by atoms with van der Waals surface area (Å²) in [5, 5.41) is 5.95. The van der Waals surface area contributed by atoms with Crippen LogP contribution in [-0.2, 0) is 0 Å². The Hall–Kier alpha value is -6.58. The number of para-hydroxylation sites is 2. The fourth-order valence-corrected chi connectivity index (χ4v) is 7.53. The number of aromatic nitrogens is 3. The molecule has 0 saturated carbocycles. The van der Waals surface area contributed by atoms with Gasteiger partial charge in [-0.05, 0) is 40.3 Å². The highest BCUT2D eigenvalue weighted by Crippen LogP contribution is 2.43. The van der Waals surface area contributed by atoms with Crippen molar-refractivity contribution < 1.29 is 0 Å². The average molecular weight is 624 g/mol. The predicted octanol–water partition coefficient (Wildman–Crippen LogP) is 12.0. The molecule has 0 radical (unpaired) electrons. The monoisotopic (exact) mass is 623 g/mol. The number of pyridine rings is 1. The molecule has 0 N–H and O–H groups in total. The van der Waals surface area contributed by atoms with Crippen LogP contribution in [0.4, 0.5) is 0 Å². The SMILES string of the molecule is c1ccc(-c2ccc(-c3c4ccc(-c5nc(-c6ccccc6)c6ccccc6n5)cc4n4c5ccccc5c5ccccc5c34)cc2)cc1. The first-order valence-electron chi connectivity index (χ1n) is 16.7. The molecule has 7 aromatic carbocycles. The third-order valence-electron chi connectivity index (χ3n) is 9.78. The molecule has 0 unspecified atom stereocenters. The Morgan fingerprint density at radius 2 is 0.918 bits per heavy atom. The van der Waals surface area contributed by atoms with Gasteiger partial charge in [-0.25, -0.2) is 9.97 Å². The van der Waals surface area contributed by atoms with E-state index in [1.165, 1.54) is 54.8 Å². The molecular weight excluding hydrogens is 595 g/mol. The Morgan fingerprint density at radius 1 is 0.347 bits per heavy atom. The number of hydrogen-bond acceptors (Lipinski definition) is 2. The summed E-state index contributed by atoms with van der Waals surface area (Å²) in [6, 6.07) is 62.6. The first-order chi connectivity index (χ1) is 24.3. The Kier molecular flexibility index (Phi) is 6.18. The molecule has 0 atom stereocenters. The molecule has 3 heteroatoms. The highest BCUT2D eigenvalue weighted by Gasteiger charge is 2.21. The normalized spacial score (nSPS) is 11.7. The summed E-state index contributed by atoms with van der Waals surface area (Å²) in [7, 11) is 0. The van der Waals surface area contributed by atoms with Crippen molar-refractivity contribution in [2.45, 2.75) is 0 Å². The zero-order chi connectivity index (χ0) is 32.3. The van der Waals surface area contributed by atoms with Crippen molar-refractivity contribution in [3.8, 4) is 44.9 Å². The van der Waals surface area contributed by atoms with Crippen LogP contribution in [0.5, 0.6) is 0 Å². The summed E-state index contributed by atoms with van der Waals surface area (Å²) in [4.78, 5) is 10.3. The molecule has 0 aliphatic carbocycles. The lowest BCUT2D eigenvalue weighted by Gasteiger charge is -2.12. The van der Waals surface area contributed by atoms with Crippen LogP contribution in [0.2, 0.25) is 0 Å².